The molecule has 0 radical (unpaired) electrons. The SMILES string of the molecule is Cc1cc(NC(=O)CN2CC[C@H](O)C2)no1. The minimum Gasteiger partial charge on any atom is -0.392 e. The summed E-state index contributed by atoms with van der Waals surface area (Å²) in [7, 11) is 0. The molecule has 1 atom stereocenters. The Morgan fingerprint density at radius 3 is 3.19 bits per heavy atom. The van der Waals surface area contributed by atoms with Gasteiger partial charge in [0.2, 0.25) is 5.91 Å². The van der Waals surface area contributed by atoms with Gasteiger partial charge in [0.05, 0.1) is 12.6 Å². The van der Waals surface area contributed by atoms with Crippen LogP contribution < -0.4 is 5.32 Å². The van der Waals surface area contributed by atoms with Crippen LogP contribution in [0.4, 0.5) is 5.82 Å². The molecular weight excluding hydrogens is 210 g/mol. The van der Waals surface area contributed by atoms with Crippen LogP contribution in [0.2, 0.25) is 0 Å². The summed E-state index contributed by atoms with van der Waals surface area (Å²) < 4.78 is 4.83. The van der Waals surface area contributed by atoms with Crippen LogP contribution in [0.15, 0.2) is 10.6 Å². The number of carbonyl (C=O) groups excluding carboxylic acids is 1. The van der Waals surface area contributed by atoms with Crippen molar-refractivity contribution in [2.75, 3.05) is 25.0 Å². The first-order chi connectivity index (χ1) is 7.63. The van der Waals surface area contributed by atoms with Gasteiger partial charge in [-0.1, -0.05) is 5.16 Å². The summed E-state index contributed by atoms with van der Waals surface area (Å²) in [5.74, 6) is 0.955. The van der Waals surface area contributed by atoms with E-state index in [2.05, 4.69) is 10.5 Å². The fraction of sp³-hybridized carbons (Fsp3) is 0.600. The molecule has 2 rings (SSSR count). The molecule has 1 aliphatic heterocycles. The lowest BCUT2D eigenvalue weighted by Crippen LogP contribution is -2.32. The molecule has 6 nitrogen and oxygen atoms in total. The van der Waals surface area contributed by atoms with Gasteiger partial charge in [0, 0.05) is 19.2 Å². The first-order valence-electron chi connectivity index (χ1n) is 5.27. The molecule has 0 aromatic carbocycles. The van der Waals surface area contributed by atoms with Gasteiger partial charge in [-0.15, -0.1) is 0 Å². The molecule has 1 aromatic heterocycles. The van der Waals surface area contributed by atoms with Crippen molar-refractivity contribution in [3.8, 4) is 0 Å². The summed E-state index contributed by atoms with van der Waals surface area (Å²) in [4.78, 5) is 13.5. The number of hydrogen-bond donors (Lipinski definition) is 2. The van der Waals surface area contributed by atoms with Crippen molar-refractivity contribution in [1.29, 1.82) is 0 Å². The first-order valence-corrected chi connectivity index (χ1v) is 5.27. The van der Waals surface area contributed by atoms with Crippen LogP contribution >= 0.6 is 0 Å². The summed E-state index contributed by atoms with van der Waals surface area (Å²) >= 11 is 0. The number of carbonyl (C=O) groups is 1. The molecule has 0 bridgehead atoms. The molecule has 1 amide bonds. The van der Waals surface area contributed by atoms with E-state index in [-0.39, 0.29) is 18.6 Å². The number of amides is 1. The summed E-state index contributed by atoms with van der Waals surface area (Å²) in [6.45, 7) is 3.36. The molecule has 1 saturated heterocycles. The van der Waals surface area contributed by atoms with E-state index in [1.165, 1.54) is 0 Å². The summed E-state index contributed by atoms with van der Waals surface area (Å²) in [5, 5.41) is 15.6. The van der Waals surface area contributed by atoms with Crippen molar-refractivity contribution in [1.82, 2.24) is 10.1 Å². The van der Waals surface area contributed by atoms with Crippen molar-refractivity contribution in [3.63, 3.8) is 0 Å². The Bertz CT molecular complexity index is 377. The predicted molar refractivity (Wildman–Crippen MR) is 56.9 cm³/mol. The molecular formula is C10H15N3O3. The standard InChI is InChI=1S/C10H15N3O3/c1-7-4-9(12-16-7)11-10(15)6-13-3-2-8(14)5-13/h4,8,14H,2-3,5-6H2,1H3,(H,11,12,15)/t8-/m0/s1. The van der Waals surface area contributed by atoms with Gasteiger partial charge in [-0.2, -0.15) is 0 Å². The number of aliphatic hydroxyl groups excluding tert-OH is 1. The second-order valence-corrected chi connectivity index (χ2v) is 4.05. The lowest BCUT2D eigenvalue weighted by atomic mass is 10.3. The number of rotatable bonds is 3. The second kappa shape index (κ2) is 4.63. The Kier molecular flexibility index (Phi) is 3.21. The monoisotopic (exact) mass is 225 g/mol. The largest absolute Gasteiger partial charge is 0.392 e. The molecule has 16 heavy (non-hydrogen) atoms. The average Bonchev–Trinajstić information content (AvgIpc) is 2.76. The first kappa shape index (κ1) is 11.1. The quantitative estimate of drug-likeness (QED) is 0.756. The lowest BCUT2D eigenvalue weighted by molar-refractivity contribution is -0.117. The number of hydrogen-bond acceptors (Lipinski definition) is 5. The van der Waals surface area contributed by atoms with Crippen molar-refractivity contribution < 1.29 is 14.4 Å². The maximum atomic E-state index is 11.6. The number of nitrogens with one attached hydrogen (secondary N) is 1. The highest BCUT2D eigenvalue weighted by Gasteiger charge is 2.22. The third kappa shape index (κ3) is 2.80. The minimum absolute atomic E-state index is 0.137. The number of likely N-dealkylation sites (tertiary alicyclic amines) is 1. The van der Waals surface area contributed by atoms with E-state index in [0.29, 0.717) is 18.1 Å². The third-order valence-electron chi connectivity index (χ3n) is 2.51. The van der Waals surface area contributed by atoms with E-state index < -0.39 is 0 Å². The Hall–Kier alpha value is -1.40. The van der Waals surface area contributed by atoms with Gasteiger partial charge >= 0.3 is 0 Å². The van der Waals surface area contributed by atoms with Gasteiger partial charge in [0.15, 0.2) is 5.82 Å². The smallest absolute Gasteiger partial charge is 0.239 e. The van der Waals surface area contributed by atoms with Crippen LogP contribution in [0.1, 0.15) is 12.2 Å². The van der Waals surface area contributed by atoms with Crippen LogP contribution in [-0.2, 0) is 4.79 Å². The van der Waals surface area contributed by atoms with Crippen LogP contribution in [0.25, 0.3) is 0 Å². The van der Waals surface area contributed by atoms with Crippen molar-refractivity contribution in [3.05, 3.63) is 11.8 Å². The predicted octanol–water partition coefficient (Wildman–Crippen LogP) is -0.0119. The van der Waals surface area contributed by atoms with Crippen LogP contribution in [-0.4, -0.2) is 46.8 Å². The molecule has 1 aromatic rings. The van der Waals surface area contributed by atoms with E-state index in [1.54, 1.807) is 13.0 Å². The number of aryl methyl sites for hydroxylation is 1. The number of nitrogens with zero attached hydrogens (tertiary/aromatic N) is 2. The topological polar surface area (TPSA) is 78.6 Å². The fourth-order valence-corrected chi connectivity index (χ4v) is 1.77. The zero-order chi connectivity index (χ0) is 11.5. The number of aromatic nitrogens is 1. The van der Waals surface area contributed by atoms with Gasteiger partial charge in [-0.25, -0.2) is 0 Å². The number of aliphatic hydroxyl groups is 1. The van der Waals surface area contributed by atoms with E-state index in [0.717, 1.165) is 13.0 Å². The summed E-state index contributed by atoms with van der Waals surface area (Å²) in [6, 6.07) is 1.66. The van der Waals surface area contributed by atoms with Crippen molar-refractivity contribution in [2.45, 2.75) is 19.4 Å². The molecule has 0 saturated carbocycles. The highest BCUT2D eigenvalue weighted by atomic mass is 16.5. The van der Waals surface area contributed by atoms with Gasteiger partial charge < -0.3 is 14.9 Å². The number of anilines is 1. The van der Waals surface area contributed by atoms with Crippen molar-refractivity contribution >= 4 is 11.7 Å². The Morgan fingerprint density at radius 1 is 1.81 bits per heavy atom. The highest BCUT2D eigenvalue weighted by Crippen LogP contribution is 2.10. The van der Waals surface area contributed by atoms with Gasteiger partial charge in [-0.05, 0) is 13.3 Å². The van der Waals surface area contributed by atoms with Crippen LogP contribution in [0.3, 0.4) is 0 Å². The Balaban J connectivity index is 1.80. The van der Waals surface area contributed by atoms with Gasteiger partial charge in [0.1, 0.15) is 5.76 Å². The molecule has 0 unspecified atom stereocenters. The fourth-order valence-electron chi connectivity index (χ4n) is 1.77. The van der Waals surface area contributed by atoms with Gasteiger partial charge in [-0.3, -0.25) is 9.69 Å². The van der Waals surface area contributed by atoms with E-state index in [1.807, 2.05) is 4.90 Å². The maximum Gasteiger partial charge on any atom is 0.239 e. The normalized spacial score (nSPS) is 21.2. The molecule has 0 spiro atoms. The Labute approximate surface area is 93.2 Å². The molecule has 1 aliphatic rings. The zero-order valence-corrected chi connectivity index (χ0v) is 9.14. The van der Waals surface area contributed by atoms with Crippen molar-refractivity contribution in [2.24, 2.45) is 0 Å². The van der Waals surface area contributed by atoms with Gasteiger partial charge in [0.25, 0.3) is 0 Å². The zero-order valence-electron chi connectivity index (χ0n) is 9.14. The molecule has 6 heteroatoms. The van der Waals surface area contributed by atoms with Crippen LogP contribution in [0, 0.1) is 6.92 Å². The Morgan fingerprint density at radius 2 is 2.62 bits per heavy atom. The van der Waals surface area contributed by atoms with E-state index >= 15 is 0 Å². The second-order valence-electron chi connectivity index (χ2n) is 4.05. The molecule has 0 aliphatic carbocycles. The van der Waals surface area contributed by atoms with Crippen LogP contribution in [0.5, 0.6) is 0 Å². The van der Waals surface area contributed by atoms with E-state index in [4.69, 9.17) is 4.52 Å². The highest BCUT2D eigenvalue weighted by molar-refractivity contribution is 5.91. The maximum absolute atomic E-state index is 11.6. The molecule has 2 N–H and O–H groups in total. The molecule has 88 valence electrons. The number of β-amino-alcohol motifs (C(OH)–C–C–N with tert-alkyl or cyclic N) is 1. The van der Waals surface area contributed by atoms with E-state index in [9.17, 15) is 9.90 Å². The molecule has 1 fully saturated rings. The molecule has 2 heterocycles. The lowest BCUT2D eigenvalue weighted by Gasteiger charge is -2.13. The average molecular weight is 225 g/mol. The third-order valence-corrected chi connectivity index (χ3v) is 2.51. The summed E-state index contributed by atoms with van der Waals surface area (Å²) in [6.07, 6.45) is 0.429. The summed E-state index contributed by atoms with van der Waals surface area (Å²) in [5.41, 5.74) is 0. The minimum atomic E-state index is -0.304.